The molecule has 1 heterocycles. The largest absolute Gasteiger partial charge is 0.325 e. The Morgan fingerprint density at radius 1 is 1.17 bits per heavy atom. The average molecular weight is 418 g/mol. The van der Waals surface area contributed by atoms with Gasteiger partial charge in [-0.3, -0.25) is 30.1 Å². The Labute approximate surface area is 174 Å². The Bertz CT molecular complexity index is 872. The second-order valence-corrected chi connectivity index (χ2v) is 9.03. The van der Waals surface area contributed by atoms with Crippen LogP contribution in [-0.2, 0) is 9.59 Å². The molecule has 162 valence electrons. The number of halogens is 1. The van der Waals surface area contributed by atoms with E-state index in [-0.39, 0.29) is 11.0 Å². The molecule has 9 heteroatoms. The smallest absolute Gasteiger partial charge is 0.323 e. The van der Waals surface area contributed by atoms with Crippen molar-refractivity contribution in [1.82, 2.24) is 21.1 Å². The summed E-state index contributed by atoms with van der Waals surface area (Å²) in [5.74, 6) is -2.29. The molecule has 0 bridgehead atoms. The highest BCUT2D eigenvalue weighted by atomic mass is 19.1. The summed E-state index contributed by atoms with van der Waals surface area (Å²) in [6.07, 6.45) is 2.69. The standard InChI is InChI=1S/C21H27FN4O4/c1-20(2,3)13-8-10-21(11-9-13)18(29)26(19(30)23-21)12-16(27)24-25-17(28)14-6-4-5-7-15(14)22/h4-7,13H,8-12H2,1-3H3,(H,23,30)(H,24,27)(H,25,28). The molecule has 0 unspecified atom stereocenters. The normalized spacial score (nSPS) is 24.0. The minimum absolute atomic E-state index is 0.128. The lowest BCUT2D eigenvalue weighted by molar-refractivity contribution is -0.136. The average Bonchev–Trinajstić information content (AvgIpc) is 2.90. The van der Waals surface area contributed by atoms with E-state index in [1.54, 1.807) is 0 Å². The molecule has 1 spiro atoms. The summed E-state index contributed by atoms with van der Waals surface area (Å²) in [5, 5.41) is 2.77. The zero-order valence-corrected chi connectivity index (χ0v) is 17.4. The van der Waals surface area contributed by atoms with E-state index >= 15 is 0 Å². The van der Waals surface area contributed by atoms with Crippen LogP contribution in [0, 0.1) is 17.2 Å². The first kappa shape index (κ1) is 21.7. The van der Waals surface area contributed by atoms with Gasteiger partial charge in [0.05, 0.1) is 5.56 Å². The van der Waals surface area contributed by atoms with Gasteiger partial charge in [0.1, 0.15) is 17.9 Å². The van der Waals surface area contributed by atoms with Gasteiger partial charge >= 0.3 is 6.03 Å². The number of carbonyl (C=O) groups excluding carboxylic acids is 4. The lowest BCUT2D eigenvalue weighted by Crippen LogP contribution is -2.51. The second-order valence-electron chi connectivity index (χ2n) is 9.03. The number of nitrogens with zero attached hydrogens (tertiary/aromatic N) is 1. The predicted octanol–water partition coefficient (Wildman–Crippen LogP) is 2.11. The summed E-state index contributed by atoms with van der Waals surface area (Å²) in [6, 6.07) is 4.70. The maximum absolute atomic E-state index is 13.6. The molecule has 1 saturated heterocycles. The van der Waals surface area contributed by atoms with E-state index in [0.29, 0.717) is 18.8 Å². The lowest BCUT2D eigenvalue weighted by Gasteiger charge is -2.40. The van der Waals surface area contributed by atoms with Crippen molar-refractivity contribution in [2.75, 3.05) is 6.54 Å². The number of urea groups is 1. The van der Waals surface area contributed by atoms with Gasteiger partial charge in [-0.25, -0.2) is 9.18 Å². The first-order valence-corrected chi connectivity index (χ1v) is 10.0. The van der Waals surface area contributed by atoms with Crippen LogP contribution in [0.3, 0.4) is 0 Å². The van der Waals surface area contributed by atoms with Crippen molar-refractivity contribution in [2.45, 2.75) is 52.0 Å². The molecule has 1 aliphatic carbocycles. The van der Waals surface area contributed by atoms with Crippen LogP contribution in [0.1, 0.15) is 56.8 Å². The van der Waals surface area contributed by atoms with Gasteiger partial charge in [0.15, 0.2) is 0 Å². The SMILES string of the molecule is CC(C)(C)C1CCC2(CC1)NC(=O)N(CC(=O)NNC(=O)c1ccccc1F)C2=O. The molecular weight excluding hydrogens is 391 g/mol. The van der Waals surface area contributed by atoms with Crippen LogP contribution in [0.2, 0.25) is 0 Å². The molecule has 30 heavy (non-hydrogen) atoms. The van der Waals surface area contributed by atoms with Crippen molar-refractivity contribution in [3.63, 3.8) is 0 Å². The predicted molar refractivity (Wildman–Crippen MR) is 106 cm³/mol. The molecule has 1 aromatic carbocycles. The van der Waals surface area contributed by atoms with Gasteiger partial charge in [-0.1, -0.05) is 32.9 Å². The molecule has 0 aromatic heterocycles. The quantitative estimate of drug-likeness (QED) is 0.516. The van der Waals surface area contributed by atoms with Crippen LogP contribution >= 0.6 is 0 Å². The summed E-state index contributed by atoms with van der Waals surface area (Å²) in [7, 11) is 0. The maximum atomic E-state index is 13.6. The van der Waals surface area contributed by atoms with Crippen molar-refractivity contribution < 1.29 is 23.6 Å². The highest BCUT2D eigenvalue weighted by Crippen LogP contribution is 2.43. The Kier molecular flexibility index (Phi) is 5.83. The van der Waals surface area contributed by atoms with Crippen molar-refractivity contribution in [2.24, 2.45) is 11.3 Å². The van der Waals surface area contributed by atoms with Crippen LogP contribution in [0.4, 0.5) is 9.18 Å². The second kappa shape index (κ2) is 8.04. The summed E-state index contributed by atoms with van der Waals surface area (Å²) in [6.45, 7) is 5.96. The van der Waals surface area contributed by atoms with Gasteiger partial charge in [-0.05, 0) is 49.1 Å². The Morgan fingerprint density at radius 2 is 1.80 bits per heavy atom. The minimum Gasteiger partial charge on any atom is -0.323 e. The van der Waals surface area contributed by atoms with E-state index in [4.69, 9.17) is 0 Å². The van der Waals surface area contributed by atoms with E-state index in [1.165, 1.54) is 18.2 Å². The van der Waals surface area contributed by atoms with E-state index in [9.17, 15) is 23.6 Å². The van der Waals surface area contributed by atoms with Crippen molar-refractivity contribution in [3.05, 3.63) is 35.6 Å². The van der Waals surface area contributed by atoms with Gasteiger partial charge in [-0.15, -0.1) is 0 Å². The number of imide groups is 1. The Balaban J connectivity index is 1.56. The van der Waals surface area contributed by atoms with Crippen LogP contribution in [-0.4, -0.2) is 40.7 Å². The lowest BCUT2D eigenvalue weighted by atomic mass is 9.67. The number of hydrazine groups is 1. The fourth-order valence-corrected chi connectivity index (χ4v) is 4.16. The highest BCUT2D eigenvalue weighted by Gasteiger charge is 2.53. The van der Waals surface area contributed by atoms with E-state index in [2.05, 4.69) is 36.9 Å². The highest BCUT2D eigenvalue weighted by molar-refractivity contribution is 6.09. The monoisotopic (exact) mass is 418 g/mol. The number of rotatable bonds is 3. The zero-order chi connectivity index (χ0) is 22.1. The fourth-order valence-electron chi connectivity index (χ4n) is 4.16. The van der Waals surface area contributed by atoms with E-state index < -0.39 is 41.7 Å². The fraction of sp³-hybridized carbons (Fsp3) is 0.524. The molecule has 1 aliphatic heterocycles. The molecule has 0 atom stereocenters. The number of hydrogen-bond acceptors (Lipinski definition) is 4. The molecule has 0 radical (unpaired) electrons. The van der Waals surface area contributed by atoms with Crippen LogP contribution in [0.5, 0.6) is 0 Å². The van der Waals surface area contributed by atoms with Crippen molar-refractivity contribution >= 4 is 23.8 Å². The molecule has 1 saturated carbocycles. The number of benzene rings is 1. The van der Waals surface area contributed by atoms with Gasteiger partial charge in [0.25, 0.3) is 17.7 Å². The molecule has 3 N–H and O–H groups in total. The summed E-state index contributed by atoms with van der Waals surface area (Å²) in [4.78, 5) is 50.3. The molecule has 3 rings (SSSR count). The number of amides is 5. The molecule has 8 nitrogen and oxygen atoms in total. The summed E-state index contributed by atoms with van der Waals surface area (Å²) >= 11 is 0. The molecular formula is C21H27FN4O4. The third kappa shape index (κ3) is 4.29. The number of nitrogens with one attached hydrogen (secondary N) is 3. The summed E-state index contributed by atoms with van der Waals surface area (Å²) in [5.41, 5.74) is 3.14. The summed E-state index contributed by atoms with van der Waals surface area (Å²) < 4.78 is 13.6. The minimum atomic E-state index is -0.963. The van der Waals surface area contributed by atoms with Gasteiger partial charge < -0.3 is 5.32 Å². The Hall–Kier alpha value is -2.97. The Morgan fingerprint density at radius 3 is 2.40 bits per heavy atom. The maximum Gasteiger partial charge on any atom is 0.325 e. The first-order chi connectivity index (χ1) is 14.0. The first-order valence-electron chi connectivity index (χ1n) is 10.0. The molecule has 2 aliphatic rings. The zero-order valence-electron chi connectivity index (χ0n) is 17.4. The van der Waals surface area contributed by atoms with Crippen LogP contribution in [0.15, 0.2) is 24.3 Å². The van der Waals surface area contributed by atoms with E-state index in [0.717, 1.165) is 23.8 Å². The van der Waals surface area contributed by atoms with Crippen molar-refractivity contribution in [1.29, 1.82) is 0 Å². The molecule has 5 amide bonds. The van der Waals surface area contributed by atoms with Gasteiger partial charge in [-0.2, -0.15) is 0 Å². The number of hydrogen-bond donors (Lipinski definition) is 3. The molecule has 1 aromatic rings. The topological polar surface area (TPSA) is 108 Å². The van der Waals surface area contributed by atoms with Crippen LogP contribution < -0.4 is 16.2 Å². The van der Waals surface area contributed by atoms with E-state index in [1.807, 2.05) is 0 Å². The van der Waals surface area contributed by atoms with Crippen LogP contribution in [0.25, 0.3) is 0 Å². The third-order valence-electron chi connectivity index (χ3n) is 6.05. The number of carbonyl (C=O) groups is 4. The van der Waals surface area contributed by atoms with Gasteiger partial charge in [0.2, 0.25) is 0 Å². The van der Waals surface area contributed by atoms with Crippen molar-refractivity contribution in [3.8, 4) is 0 Å². The molecule has 2 fully saturated rings. The van der Waals surface area contributed by atoms with Gasteiger partial charge in [0, 0.05) is 0 Å². The third-order valence-corrected chi connectivity index (χ3v) is 6.05.